The molecular weight excluding hydrogens is 222 g/mol. The second-order valence-electron chi connectivity index (χ2n) is 5.22. The average molecular weight is 241 g/mol. The van der Waals surface area contributed by atoms with E-state index >= 15 is 0 Å². The van der Waals surface area contributed by atoms with Crippen molar-refractivity contribution in [3.63, 3.8) is 0 Å². The molecule has 3 nitrogen and oxygen atoms in total. The van der Waals surface area contributed by atoms with Crippen LogP contribution in [0.3, 0.4) is 0 Å². The molecule has 0 amide bonds. The quantitative estimate of drug-likeness (QED) is 0.876. The Morgan fingerprint density at radius 1 is 1.33 bits per heavy atom. The number of aryl methyl sites for hydroxylation is 1. The lowest BCUT2D eigenvalue weighted by atomic mass is 9.84. The molecule has 2 atom stereocenters. The molecule has 2 heterocycles. The van der Waals surface area contributed by atoms with Crippen molar-refractivity contribution in [1.29, 1.82) is 0 Å². The molecule has 0 saturated heterocycles. The Bertz CT molecular complexity index is 544. The number of fused-ring (bicyclic) bond motifs is 1. The molecule has 0 spiro atoms. The van der Waals surface area contributed by atoms with Gasteiger partial charge in [0.05, 0.1) is 0 Å². The standard InChI is InChI=1S/C15H19N3/c1-11-9-12(10-13-7-8-16-18(13)2)14-5-3-4-6-15(14)17-11/h3-8,11-12,17H,9-10H2,1-2H3. The van der Waals surface area contributed by atoms with Gasteiger partial charge in [-0.15, -0.1) is 0 Å². The lowest BCUT2D eigenvalue weighted by Gasteiger charge is -2.31. The van der Waals surface area contributed by atoms with Crippen molar-refractivity contribution in [3.8, 4) is 0 Å². The molecule has 0 saturated carbocycles. The highest BCUT2D eigenvalue weighted by molar-refractivity contribution is 5.55. The van der Waals surface area contributed by atoms with Gasteiger partial charge in [0, 0.05) is 30.7 Å². The number of benzene rings is 1. The number of hydrogen-bond acceptors (Lipinski definition) is 2. The van der Waals surface area contributed by atoms with Crippen molar-refractivity contribution in [1.82, 2.24) is 9.78 Å². The van der Waals surface area contributed by atoms with Crippen LogP contribution in [0.1, 0.15) is 30.5 Å². The first-order valence-corrected chi connectivity index (χ1v) is 6.56. The minimum absolute atomic E-state index is 0.540. The van der Waals surface area contributed by atoms with Gasteiger partial charge in [-0.3, -0.25) is 4.68 Å². The molecule has 1 aliphatic heterocycles. The maximum Gasteiger partial charge on any atom is 0.0492 e. The zero-order valence-electron chi connectivity index (χ0n) is 10.9. The maximum absolute atomic E-state index is 4.26. The van der Waals surface area contributed by atoms with Gasteiger partial charge >= 0.3 is 0 Å². The van der Waals surface area contributed by atoms with Crippen LogP contribution in [0.4, 0.5) is 5.69 Å². The Morgan fingerprint density at radius 3 is 2.94 bits per heavy atom. The van der Waals surface area contributed by atoms with E-state index in [9.17, 15) is 0 Å². The molecule has 94 valence electrons. The highest BCUT2D eigenvalue weighted by atomic mass is 15.2. The summed E-state index contributed by atoms with van der Waals surface area (Å²) in [4.78, 5) is 0. The number of nitrogens with one attached hydrogen (secondary N) is 1. The van der Waals surface area contributed by atoms with E-state index in [-0.39, 0.29) is 0 Å². The first-order chi connectivity index (χ1) is 8.74. The smallest absolute Gasteiger partial charge is 0.0492 e. The Labute approximate surface area is 108 Å². The zero-order chi connectivity index (χ0) is 12.5. The molecule has 2 unspecified atom stereocenters. The van der Waals surface area contributed by atoms with Crippen molar-refractivity contribution in [3.05, 3.63) is 47.8 Å². The van der Waals surface area contributed by atoms with Crippen LogP contribution in [0.15, 0.2) is 36.5 Å². The van der Waals surface area contributed by atoms with E-state index in [1.54, 1.807) is 0 Å². The molecular formula is C15H19N3. The molecule has 0 fully saturated rings. The fourth-order valence-corrected chi connectivity index (χ4v) is 2.91. The summed E-state index contributed by atoms with van der Waals surface area (Å²) in [6.07, 6.45) is 4.13. The average Bonchev–Trinajstić information content (AvgIpc) is 2.75. The highest BCUT2D eigenvalue weighted by Crippen LogP contribution is 2.35. The van der Waals surface area contributed by atoms with E-state index in [1.807, 2.05) is 17.9 Å². The summed E-state index contributed by atoms with van der Waals surface area (Å²) in [7, 11) is 2.02. The van der Waals surface area contributed by atoms with Crippen LogP contribution in [0.5, 0.6) is 0 Å². The van der Waals surface area contributed by atoms with Gasteiger partial charge in [-0.2, -0.15) is 5.10 Å². The summed E-state index contributed by atoms with van der Waals surface area (Å²) < 4.78 is 1.98. The van der Waals surface area contributed by atoms with E-state index < -0.39 is 0 Å². The number of hydrogen-bond donors (Lipinski definition) is 1. The summed E-state index contributed by atoms with van der Waals surface area (Å²) in [5.41, 5.74) is 4.05. The second kappa shape index (κ2) is 4.48. The van der Waals surface area contributed by atoms with Gasteiger partial charge in [-0.1, -0.05) is 18.2 Å². The molecule has 0 bridgehead atoms. The summed E-state index contributed by atoms with van der Waals surface area (Å²) in [5, 5.41) is 7.82. The molecule has 0 radical (unpaired) electrons. The third kappa shape index (κ3) is 2.01. The summed E-state index contributed by atoms with van der Waals surface area (Å²) >= 11 is 0. The van der Waals surface area contributed by atoms with Crippen LogP contribution in [0.2, 0.25) is 0 Å². The molecule has 2 aromatic rings. The lowest BCUT2D eigenvalue weighted by Crippen LogP contribution is -2.26. The minimum Gasteiger partial charge on any atom is -0.382 e. The number of para-hydroxylation sites is 1. The van der Waals surface area contributed by atoms with Gasteiger partial charge in [0.25, 0.3) is 0 Å². The van der Waals surface area contributed by atoms with Gasteiger partial charge < -0.3 is 5.32 Å². The fraction of sp³-hybridized carbons (Fsp3) is 0.400. The van der Waals surface area contributed by atoms with Crippen molar-refractivity contribution >= 4 is 5.69 Å². The van der Waals surface area contributed by atoms with Crippen molar-refractivity contribution < 1.29 is 0 Å². The van der Waals surface area contributed by atoms with Gasteiger partial charge in [-0.05, 0) is 43.4 Å². The minimum atomic E-state index is 0.540. The number of rotatable bonds is 2. The predicted octanol–water partition coefficient (Wildman–Crippen LogP) is 2.95. The Balaban J connectivity index is 1.91. The number of anilines is 1. The molecule has 18 heavy (non-hydrogen) atoms. The third-order valence-electron chi connectivity index (χ3n) is 3.82. The van der Waals surface area contributed by atoms with Crippen LogP contribution in [-0.2, 0) is 13.5 Å². The van der Waals surface area contributed by atoms with E-state index in [2.05, 4.69) is 47.7 Å². The van der Waals surface area contributed by atoms with Gasteiger partial charge in [0.2, 0.25) is 0 Å². The van der Waals surface area contributed by atoms with Gasteiger partial charge in [0.15, 0.2) is 0 Å². The Morgan fingerprint density at radius 2 is 2.17 bits per heavy atom. The second-order valence-corrected chi connectivity index (χ2v) is 5.22. The van der Waals surface area contributed by atoms with E-state index in [4.69, 9.17) is 0 Å². The largest absolute Gasteiger partial charge is 0.382 e. The van der Waals surface area contributed by atoms with Crippen LogP contribution in [-0.4, -0.2) is 15.8 Å². The SMILES string of the molecule is CC1CC(Cc2ccnn2C)c2ccccc2N1. The summed E-state index contributed by atoms with van der Waals surface area (Å²) in [5.74, 6) is 0.591. The normalized spacial score (nSPS) is 22.3. The first-order valence-electron chi connectivity index (χ1n) is 6.56. The summed E-state index contributed by atoms with van der Waals surface area (Å²) in [6, 6.07) is 11.3. The lowest BCUT2D eigenvalue weighted by molar-refractivity contribution is 0.533. The van der Waals surface area contributed by atoms with Crippen LogP contribution in [0.25, 0.3) is 0 Å². The van der Waals surface area contributed by atoms with Gasteiger partial charge in [0.1, 0.15) is 0 Å². The zero-order valence-corrected chi connectivity index (χ0v) is 10.9. The van der Waals surface area contributed by atoms with Crippen molar-refractivity contribution in [2.24, 2.45) is 7.05 Å². The number of nitrogens with zero attached hydrogens (tertiary/aromatic N) is 2. The number of aromatic nitrogens is 2. The predicted molar refractivity (Wildman–Crippen MR) is 73.8 cm³/mol. The van der Waals surface area contributed by atoms with Crippen LogP contribution < -0.4 is 5.32 Å². The third-order valence-corrected chi connectivity index (χ3v) is 3.82. The van der Waals surface area contributed by atoms with E-state index in [0.29, 0.717) is 12.0 Å². The monoisotopic (exact) mass is 241 g/mol. The van der Waals surface area contributed by atoms with Crippen molar-refractivity contribution in [2.75, 3.05) is 5.32 Å². The van der Waals surface area contributed by atoms with Crippen LogP contribution >= 0.6 is 0 Å². The Hall–Kier alpha value is -1.77. The highest BCUT2D eigenvalue weighted by Gasteiger charge is 2.24. The fourth-order valence-electron chi connectivity index (χ4n) is 2.91. The molecule has 1 aromatic carbocycles. The van der Waals surface area contributed by atoms with E-state index in [0.717, 1.165) is 6.42 Å². The molecule has 3 heteroatoms. The molecule has 1 aliphatic rings. The topological polar surface area (TPSA) is 29.9 Å². The first kappa shape index (κ1) is 11.3. The molecule has 1 aromatic heterocycles. The maximum atomic E-state index is 4.26. The van der Waals surface area contributed by atoms with Crippen molar-refractivity contribution in [2.45, 2.75) is 31.7 Å². The van der Waals surface area contributed by atoms with Crippen LogP contribution in [0, 0.1) is 0 Å². The molecule has 0 aliphatic carbocycles. The Kier molecular flexibility index (Phi) is 2.82. The van der Waals surface area contributed by atoms with Gasteiger partial charge in [-0.25, -0.2) is 0 Å². The molecule has 3 rings (SSSR count). The van der Waals surface area contributed by atoms with E-state index in [1.165, 1.54) is 23.4 Å². The summed E-state index contributed by atoms with van der Waals surface area (Å²) in [6.45, 7) is 2.26. The molecule has 1 N–H and O–H groups in total.